The third kappa shape index (κ3) is 3.08. The molecule has 2 saturated heterocycles. The van der Waals surface area contributed by atoms with Gasteiger partial charge in [-0.1, -0.05) is 6.07 Å². The molecule has 0 radical (unpaired) electrons. The second-order valence-corrected chi connectivity index (χ2v) is 10.2. The Morgan fingerprint density at radius 2 is 2.27 bits per heavy atom. The summed E-state index contributed by atoms with van der Waals surface area (Å²) in [6.45, 7) is 2.30. The molecule has 0 bridgehead atoms. The molecule has 1 aliphatic carbocycles. The van der Waals surface area contributed by atoms with Crippen LogP contribution in [0.15, 0.2) is 30.5 Å². The smallest absolute Gasteiger partial charge is 0.264 e. The summed E-state index contributed by atoms with van der Waals surface area (Å²) in [5.74, 6) is 1.25. The molecule has 4 nitrogen and oxygen atoms in total. The predicted molar refractivity (Wildman–Crippen MR) is 105 cm³/mol. The Kier molecular flexibility index (Phi) is 4.30. The summed E-state index contributed by atoms with van der Waals surface area (Å²) in [6, 6.07) is 8.06. The fraction of sp³-hybridized carbons (Fsp3) is 0.500. The Hall–Kier alpha value is -1.37. The molecule has 1 unspecified atom stereocenters. The first kappa shape index (κ1) is 16.8. The number of carbonyl (C=O) groups is 1. The fourth-order valence-electron chi connectivity index (χ4n) is 4.20. The van der Waals surface area contributed by atoms with Crippen molar-refractivity contribution < 1.29 is 9.53 Å². The molecule has 26 heavy (non-hydrogen) atoms. The van der Waals surface area contributed by atoms with Crippen molar-refractivity contribution in [3.05, 3.63) is 51.5 Å². The molecule has 1 amide bonds. The third-order valence-corrected chi connectivity index (χ3v) is 8.37. The molecule has 4 heterocycles. The number of likely N-dealkylation sites (tertiary alicyclic amines) is 1. The van der Waals surface area contributed by atoms with E-state index in [1.807, 2.05) is 34.9 Å². The number of amides is 1. The minimum absolute atomic E-state index is 0.213. The second-order valence-electron chi connectivity index (χ2n) is 7.53. The van der Waals surface area contributed by atoms with Gasteiger partial charge in [0.1, 0.15) is 0 Å². The van der Waals surface area contributed by atoms with Gasteiger partial charge in [-0.25, -0.2) is 0 Å². The summed E-state index contributed by atoms with van der Waals surface area (Å²) >= 11 is 3.69. The third-order valence-electron chi connectivity index (χ3n) is 5.57. The van der Waals surface area contributed by atoms with E-state index in [4.69, 9.17) is 4.74 Å². The van der Waals surface area contributed by atoms with Crippen molar-refractivity contribution in [1.82, 2.24) is 9.88 Å². The summed E-state index contributed by atoms with van der Waals surface area (Å²) in [5, 5.41) is 0. The van der Waals surface area contributed by atoms with Gasteiger partial charge in [0.05, 0.1) is 28.0 Å². The Labute approximate surface area is 162 Å². The van der Waals surface area contributed by atoms with E-state index in [2.05, 4.69) is 11.1 Å². The largest absolute Gasteiger partial charge is 0.371 e. The van der Waals surface area contributed by atoms with Crippen LogP contribution in [-0.2, 0) is 24.2 Å². The van der Waals surface area contributed by atoms with Crippen molar-refractivity contribution >= 4 is 29.0 Å². The standard InChI is InChI=1S/C20H22N2O2S2/c23-19(18-8-14-4-3-6-17(14)26-18)22-12-20(13-22)9-16(11-25-20)24-10-15-5-1-2-7-21-15/h1-2,5,7-8,16H,3-4,6,9-13H2. The molecule has 6 heteroatoms. The molecule has 3 aliphatic rings. The quantitative estimate of drug-likeness (QED) is 0.806. The van der Waals surface area contributed by atoms with Gasteiger partial charge in [-0.05, 0) is 49.4 Å². The highest BCUT2D eigenvalue weighted by Crippen LogP contribution is 2.47. The van der Waals surface area contributed by atoms with Crippen LogP contribution >= 0.6 is 23.1 Å². The van der Waals surface area contributed by atoms with Crippen molar-refractivity contribution in [2.24, 2.45) is 0 Å². The topological polar surface area (TPSA) is 42.4 Å². The lowest BCUT2D eigenvalue weighted by Gasteiger charge is -2.47. The molecular formula is C20H22N2O2S2. The average molecular weight is 387 g/mol. The number of ether oxygens (including phenoxy) is 1. The van der Waals surface area contributed by atoms with Crippen molar-refractivity contribution in [3.63, 3.8) is 0 Å². The van der Waals surface area contributed by atoms with Gasteiger partial charge in [0.15, 0.2) is 0 Å². The molecular weight excluding hydrogens is 364 g/mol. The Morgan fingerprint density at radius 3 is 3.08 bits per heavy atom. The lowest BCUT2D eigenvalue weighted by atomic mass is 9.92. The Bertz CT molecular complexity index is 793. The summed E-state index contributed by atoms with van der Waals surface area (Å²) < 4.78 is 6.27. The number of nitrogens with zero attached hydrogens (tertiary/aromatic N) is 2. The Balaban J connectivity index is 1.14. The van der Waals surface area contributed by atoms with E-state index < -0.39 is 0 Å². The average Bonchev–Trinajstić information content (AvgIpc) is 3.33. The van der Waals surface area contributed by atoms with E-state index in [9.17, 15) is 4.79 Å². The second kappa shape index (κ2) is 6.66. The van der Waals surface area contributed by atoms with Crippen molar-refractivity contribution in [2.45, 2.75) is 43.1 Å². The SMILES string of the molecule is O=C(c1cc2c(s1)CCC2)N1CC2(CC(OCc3ccccn3)CS2)C1. The van der Waals surface area contributed by atoms with E-state index in [-0.39, 0.29) is 16.8 Å². The number of hydrogen-bond acceptors (Lipinski definition) is 5. The number of carbonyl (C=O) groups excluding carboxylic acids is 1. The van der Waals surface area contributed by atoms with E-state index in [0.29, 0.717) is 6.61 Å². The number of fused-ring (bicyclic) bond motifs is 1. The number of aromatic nitrogens is 1. The first-order valence-corrected chi connectivity index (χ1v) is 11.1. The van der Waals surface area contributed by atoms with Gasteiger partial charge in [-0.15, -0.1) is 23.1 Å². The van der Waals surface area contributed by atoms with Crippen molar-refractivity contribution in [2.75, 3.05) is 18.8 Å². The highest BCUT2D eigenvalue weighted by Gasteiger charge is 2.51. The van der Waals surface area contributed by atoms with Crippen LogP contribution in [0, 0.1) is 0 Å². The molecule has 2 aromatic heterocycles. The van der Waals surface area contributed by atoms with E-state index in [0.717, 1.165) is 48.7 Å². The summed E-state index contributed by atoms with van der Waals surface area (Å²) in [7, 11) is 0. The van der Waals surface area contributed by atoms with Gasteiger partial charge in [-0.3, -0.25) is 9.78 Å². The van der Waals surface area contributed by atoms with Gasteiger partial charge >= 0.3 is 0 Å². The first-order chi connectivity index (χ1) is 12.7. The van der Waals surface area contributed by atoms with Gasteiger partial charge < -0.3 is 9.64 Å². The molecule has 5 rings (SSSR count). The Morgan fingerprint density at radius 1 is 1.35 bits per heavy atom. The van der Waals surface area contributed by atoms with Crippen LogP contribution < -0.4 is 0 Å². The zero-order chi connectivity index (χ0) is 17.6. The minimum atomic E-state index is 0.213. The predicted octanol–water partition coefficient (Wildman–Crippen LogP) is 3.55. The summed E-state index contributed by atoms with van der Waals surface area (Å²) in [4.78, 5) is 21.5. The van der Waals surface area contributed by atoms with Crippen molar-refractivity contribution in [3.8, 4) is 0 Å². The molecule has 2 aromatic rings. The van der Waals surface area contributed by atoms with Crippen LogP contribution in [0.5, 0.6) is 0 Å². The van der Waals surface area contributed by atoms with E-state index >= 15 is 0 Å². The van der Waals surface area contributed by atoms with Gasteiger partial charge in [0.25, 0.3) is 5.91 Å². The molecule has 0 saturated carbocycles. The van der Waals surface area contributed by atoms with Gasteiger partial charge in [0.2, 0.25) is 0 Å². The normalized spacial score (nSPS) is 23.2. The zero-order valence-corrected chi connectivity index (χ0v) is 16.3. The number of thioether (sulfide) groups is 1. The number of rotatable bonds is 4. The number of thiophene rings is 1. The van der Waals surface area contributed by atoms with Crippen LogP contribution in [0.4, 0.5) is 0 Å². The number of aryl methyl sites for hydroxylation is 2. The minimum Gasteiger partial charge on any atom is -0.371 e. The first-order valence-electron chi connectivity index (χ1n) is 9.27. The highest BCUT2D eigenvalue weighted by molar-refractivity contribution is 8.01. The number of pyridine rings is 1. The molecule has 2 fully saturated rings. The highest BCUT2D eigenvalue weighted by atomic mass is 32.2. The molecule has 2 aliphatic heterocycles. The van der Waals surface area contributed by atoms with Gasteiger partial charge in [0, 0.05) is 29.9 Å². The maximum atomic E-state index is 12.8. The summed E-state index contributed by atoms with van der Waals surface area (Å²) in [6.07, 6.45) is 6.66. The van der Waals surface area contributed by atoms with Crippen LogP contribution in [-0.4, -0.2) is 45.5 Å². The number of hydrogen-bond donors (Lipinski definition) is 0. The maximum Gasteiger partial charge on any atom is 0.264 e. The fourth-order valence-corrected chi connectivity index (χ4v) is 6.97. The molecule has 1 atom stereocenters. The lowest BCUT2D eigenvalue weighted by molar-refractivity contribution is 0.0247. The maximum absolute atomic E-state index is 12.8. The lowest BCUT2D eigenvalue weighted by Crippen LogP contribution is -2.60. The van der Waals surface area contributed by atoms with Crippen LogP contribution in [0.25, 0.3) is 0 Å². The van der Waals surface area contributed by atoms with E-state index in [1.54, 1.807) is 17.5 Å². The van der Waals surface area contributed by atoms with Crippen LogP contribution in [0.3, 0.4) is 0 Å². The van der Waals surface area contributed by atoms with Crippen LogP contribution in [0.1, 0.15) is 38.6 Å². The molecule has 136 valence electrons. The molecule has 0 N–H and O–H groups in total. The van der Waals surface area contributed by atoms with Crippen LogP contribution in [0.2, 0.25) is 0 Å². The van der Waals surface area contributed by atoms with Gasteiger partial charge in [-0.2, -0.15) is 0 Å². The molecule has 0 aromatic carbocycles. The monoisotopic (exact) mass is 386 g/mol. The zero-order valence-electron chi connectivity index (χ0n) is 14.6. The summed E-state index contributed by atoms with van der Waals surface area (Å²) in [5.41, 5.74) is 2.39. The van der Waals surface area contributed by atoms with E-state index in [1.165, 1.54) is 16.9 Å². The molecule has 1 spiro atoms. The van der Waals surface area contributed by atoms with Crippen molar-refractivity contribution in [1.29, 1.82) is 0 Å².